The highest BCUT2D eigenvalue weighted by molar-refractivity contribution is 7.19. The Morgan fingerprint density at radius 2 is 2.00 bits per heavy atom. The molecule has 1 nitrogen and oxygen atoms in total. The van der Waals surface area contributed by atoms with E-state index in [0.717, 1.165) is 12.8 Å². The largest absolute Gasteiger partial charge is 0.508 e. The maximum atomic E-state index is 9.44. The molecule has 14 heavy (non-hydrogen) atoms. The van der Waals surface area contributed by atoms with Crippen LogP contribution in [0.1, 0.15) is 24.3 Å². The molecule has 1 N–H and O–H groups in total. The highest BCUT2D eigenvalue weighted by atomic mass is 32.1. The van der Waals surface area contributed by atoms with Gasteiger partial charge < -0.3 is 5.11 Å². The van der Waals surface area contributed by atoms with Gasteiger partial charge in [-0.2, -0.15) is 0 Å². The number of hydrogen-bond donors (Lipinski definition) is 1. The van der Waals surface area contributed by atoms with Crippen molar-refractivity contribution in [3.63, 3.8) is 0 Å². The van der Waals surface area contributed by atoms with Crippen molar-refractivity contribution in [2.45, 2.75) is 26.7 Å². The Kier molecular flexibility index (Phi) is 2.46. The molecule has 2 heteroatoms. The minimum Gasteiger partial charge on any atom is -0.508 e. The predicted molar refractivity (Wildman–Crippen MR) is 62.2 cm³/mol. The first-order valence-electron chi connectivity index (χ1n) is 4.99. The molecule has 0 unspecified atom stereocenters. The Morgan fingerprint density at radius 1 is 1.21 bits per heavy atom. The first kappa shape index (κ1) is 9.53. The van der Waals surface area contributed by atoms with Crippen LogP contribution in [0.5, 0.6) is 5.75 Å². The van der Waals surface area contributed by atoms with Crippen molar-refractivity contribution in [2.75, 3.05) is 0 Å². The van der Waals surface area contributed by atoms with Gasteiger partial charge in [-0.1, -0.05) is 13.8 Å². The molecule has 1 heterocycles. The maximum Gasteiger partial charge on any atom is 0.116 e. The lowest BCUT2D eigenvalue weighted by molar-refractivity contribution is 0.476. The molecule has 0 bridgehead atoms. The molecule has 2 aromatic rings. The van der Waals surface area contributed by atoms with Gasteiger partial charge in [0.1, 0.15) is 5.75 Å². The number of aromatic hydroxyl groups is 1. The molecular formula is C12H14OS. The minimum atomic E-state index is 0.368. The van der Waals surface area contributed by atoms with Gasteiger partial charge in [-0.25, -0.2) is 0 Å². The van der Waals surface area contributed by atoms with E-state index in [1.165, 1.54) is 20.5 Å². The smallest absolute Gasteiger partial charge is 0.116 e. The van der Waals surface area contributed by atoms with Gasteiger partial charge in [0.25, 0.3) is 0 Å². The molecule has 0 aliphatic carbocycles. The Bertz CT molecular complexity index is 457. The standard InChI is InChI=1S/C12H14OS/c1-3-9-10-7-8(13)5-6-12(10)14-11(9)4-2/h5-7,13H,3-4H2,1-2H3. The molecule has 0 saturated carbocycles. The van der Waals surface area contributed by atoms with E-state index in [4.69, 9.17) is 0 Å². The van der Waals surface area contributed by atoms with Crippen molar-refractivity contribution in [1.82, 2.24) is 0 Å². The zero-order valence-electron chi connectivity index (χ0n) is 8.50. The molecule has 1 aromatic heterocycles. The number of thiophene rings is 1. The molecule has 0 aliphatic rings. The predicted octanol–water partition coefficient (Wildman–Crippen LogP) is 3.73. The van der Waals surface area contributed by atoms with Crippen LogP contribution in [0.25, 0.3) is 10.1 Å². The van der Waals surface area contributed by atoms with Crippen molar-refractivity contribution < 1.29 is 5.11 Å². The molecule has 74 valence electrons. The first-order chi connectivity index (χ1) is 6.76. The molecule has 0 radical (unpaired) electrons. The number of fused-ring (bicyclic) bond motifs is 1. The van der Waals surface area contributed by atoms with Crippen LogP contribution in [-0.2, 0) is 12.8 Å². The number of phenols is 1. The summed E-state index contributed by atoms with van der Waals surface area (Å²) in [4.78, 5) is 1.45. The zero-order valence-corrected chi connectivity index (χ0v) is 9.32. The van der Waals surface area contributed by atoms with Crippen molar-refractivity contribution in [2.24, 2.45) is 0 Å². The Hall–Kier alpha value is -1.02. The van der Waals surface area contributed by atoms with Gasteiger partial charge in [0.05, 0.1) is 0 Å². The average Bonchev–Trinajstić information content (AvgIpc) is 2.54. The summed E-state index contributed by atoms with van der Waals surface area (Å²) in [6, 6.07) is 5.65. The molecule has 0 fully saturated rings. The van der Waals surface area contributed by atoms with Crippen molar-refractivity contribution in [3.05, 3.63) is 28.6 Å². The molecule has 0 saturated heterocycles. The summed E-state index contributed by atoms with van der Waals surface area (Å²) in [5.41, 5.74) is 1.41. The fourth-order valence-corrected chi connectivity index (χ4v) is 3.08. The highest BCUT2D eigenvalue weighted by Crippen LogP contribution is 2.34. The van der Waals surface area contributed by atoms with Crippen LogP contribution < -0.4 is 0 Å². The Labute approximate surface area is 88.0 Å². The van der Waals surface area contributed by atoms with E-state index in [9.17, 15) is 5.11 Å². The number of hydrogen-bond acceptors (Lipinski definition) is 2. The third-order valence-corrected chi connectivity index (χ3v) is 3.89. The minimum absolute atomic E-state index is 0.368. The summed E-state index contributed by atoms with van der Waals surface area (Å²) in [5.74, 6) is 0.368. The second-order valence-corrected chi connectivity index (χ2v) is 4.53. The van der Waals surface area contributed by atoms with Gasteiger partial charge in [0.2, 0.25) is 0 Å². The van der Waals surface area contributed by atoms with Crippen LogP contribution in [0.2, 0.25) is 0 Å². The lowest BCUT2D eigenvalue weighted by atomic mass is 10.1. The third kappa shape index (κ3) is 1.40. The van der Waals surface area contributed by atoms with Gasteiger partial charge >= 0.3 is 0 Å². The average molecular weight is 206 g/mol. The monoisotopic (exact) mass is 206 g/mol. The molecule has 0 aliphatic heterocycles. The van der Waals surface area contributed by atoms with E-state index >= 15 is 0 Å². The van der Waals surface area contributed by atoms with E-state index < -0.39 is 0 Å². The molecule has 2 rings (SSSR count). The van der Waals surface area contributed by atoms with Gasteiger partial charge in [0, 0.05) is 9.58 Å². The number of benzene rings is 1. The van der Waals surface area contributed by atoms with Crippen LogP contribution >= 0.6 is 11.3 Å². The van der Waals surface area contributed by atoms with Crippen molar-refractivity contribution >= 4 is 21.4 Å². The molecule has 0 atom stereocenters. The molecule has 0 amide bonds. The van der Waals surface area contributed by atoms with Crippen LogP contribution in [0.3, 0.4) is 0 Å². The Morgan fingerprint density at radius 3 is 2.64 bits per heavy atom. The topological polar surface area (TPSA) is 20.2 Å². The first-order valence-corrected chi connectivity index (χ1v) is 5.81. The van der Waals surface area contributed by atoms with Crippen LogP contribution in [0, 0.1) is 0 Å². The van der Waals surface area contributed by atoms with E-state index in [1.807, 2.05) is 23.5 Å². The summed E-state index contributed by atoms with van der Waals surface area (Å²) in [6.45, 7) is 4.36. The maximum absolute atomic E-state index is 9.44. The van der Waals surface area contributed by atoms with Crippen LogP contribution in [0.15, 0.2) is 18.2 Å². The van der Waals surface area contributed by atoms with Crippen LogP contribution in [-0.4, -0.2) is 5.11 Å². The van der Waals surface area contributed by atoms with E-state index in [2.05, 4.69) is 13.8 Å². The van der Waals surface area contributed by atoms with Crippen molar-refractivity contribution in [3.8, 4) is 5.75 Å². The summed E-state index contributed by atoms with van der Waals surface area (Å²) in [5, 5.41) is 10.7. The second-order valence-electron chi connectivity index (χ2n) is 3.39. The SMILES string of the molecule is CCc1sc2ccc(O)cc2c1CC. The quantitative estimate of drug-likeness (QED) is 0.793. The molecule has 1 aromatic carbocycles. The van der Waals surface area contributed by atoms with E-state index in [-0.39, 0.29) is 0 Å². The summed E-state index contributed by atoms with van der Waals surface area (Å²) >= 11 is 1.85. The molecule has 0 spiro atoms. The van der Waals surface area contributed by atoms with Gasteiger partial charge in [0.15, 0.2) is 0 Å². The summed E-state index contributed by atoms with van der Waals surface area (Å²) in [7, 11) is 0. The number of phenolic OH excluding ortho intramolecular Hbond substituents is 1. The lowest BCUT2D eigenvalue weighted by Gasteiger charge is -1.98. The van der Waals surface area contributed by atoms with Gasteiger partial charge in [-0.3, -0.25) is 0 Å². The Balaban J connectivity index is 2.74. The van der Waals surface area contributed by atoms with E-state index in [1.54, 1.807) is 6.07 Å². The fraction of sp³-hybridized carbons (Fsp3) is 0.333. The zero-order chi connectivity index (χ0) is 10.1. The number of aryl methyl sites for hydroxylation is 2. The summed E-state index contributed by atoms with van der Waals surface area (Å²) < 4.78 is 1.29. The third-order valence-electron chi connectivity index (χ3n) is 2.53. The fourth-order valence-electron chi connectivity index (χ4n) is 1.86. The van der Waals surface area contributed by atoms with Gasteiger partial charge in [-0.05, 0) is 42.0 Å². The van der Waals surface area contributed by atoms with Crippen molar-refractivity contribution in [1.29, 1.82) is 0 Å². The molecular weight excluding hydrogens is 192 g/mol. The second kappa shape index (κ2) is 3.62. The number of rotatable bonds is 2. The van der Waals surface area contributed by atoms with Crippen LogP contribution in [0.4, 0.5) is 0 Å². The lowest BCUT2D eigenvalue weighted by Crippen LogP contribution is -1.83. The normalized spacial score (nSPS) is 11.0. The highest BCUT2D eigenvalue weighted by Gasteiger charge is 2.09. The summed E-state index contributed by atoms with van der Waals surface area (Å²) in [6.07, 6.45) is 2.13. The van der Waals surface area contributed by atoms with E-state index in [0.29, 0.717) is 5.75 Å². The van der Waals surface area contributed by atoms with Gasteiger partial charge in [-0.15, -0.1) is 11.3 Å².